The Hall–Kier alpha value is -1.67. The predicted molar refractivity (Wildman–Crippen MR) is 111 cm³/mol. The molecule has 29 heavy (non-hydrogen) atoms. The minimum absolute atomic E-state index is 0.0156. The van der Waals surface area contributed by atoms with Gasteiger partial charge in [-0.25, -0.2) is 8.42 Å². The van der Waals surface area contributed by atoms with Gasteiger partial charge in [-0.15, -0.1) is 0 Å². The van der Waals surface area contributed by atoms with Crippen LogP contribution in [0, 0.1) is 12.3 Å². The first kappa shape index (κ1) is 22.0. The van der Waals surface area contributed by atoms with E-state index in [1.807, 2.05) is 32.8 Å². The lowest BCUT2D eigenvalue weighted by Crippen LogP contribution is -2.45. The zero-order valence-electron chi connectivity index (χ0n) is 18.1. The lowest BCUT2D eigenvalue weighted by molar-refractivity contribution is -0.132. The summed E-state index contributed by atoms with van der Waals surface area (Å²) < 4.78 is 29.8. The van der Waals surface area contributed by atoms with Gasteiger partial charge in [0, 0.05) is 37.5 Å². The fourth-order valence-corrected chi connectivity index (χ4v) is 6.15. The number of sulfone groups is 1. The van der Waals surface area contributed by atoms with Gasteiger partial charge in [-0.3, -0.25) is 9.59 Å². The van der Waals surface area contributed by atoms with Crippen molar-refractivity contribution in [2.45, 2.75) is 52.5 Å². The third-order valence-electron chi connectivity index (χ3n) is 5.92. The van der Waals surface area contributed by atoms with Crippen molar-refractivity contribution < 1.29 is 22.4 Å². The number of fused-ring (bicyclic) bond motifs is 1. The summed E-state index contributed by atoms with van der Waals surface area (Å²) in [5, 5.41) is 0. The monoisotopic (exact) mass is 424 g/mol. The number of amides is 1. The van der Waals surface area contributed by atoms with Crippen molar-refractivity contribution in [3.8, 4) is 0 Å². The lowest BCUT2D eigenvalue weighted by Gasteiger charge is -2.30. The van der Waals surface area contributed by atoms with Gasteiger partial charge >= 0.3 is 0 Å². The Bertz CT molecular complexity index is 914. The number of carbonyl (C=O) groups is 2. The number of hydrogen-bond acceptors (Lipinski definition) is 6. The van der Waals surface area contributed by atoms with Crippen LogP contribution in [0.4, 0.5) is 0 Å². The second-order valence-corrected chi connectivity index (χ2v) is 11.7. The van der Waals surface area contributed by atoms with Gasteiger partial charge < -0.3 is 14.2 Å². The van der Waals surface area contributed by atoms with E-state index in [0.29, 0.717) is 55.0 Å². The highest BCUT2D eigenvalue weighted by Gasteiger charge is 2.38. The number of carbonyl (C=O) groups excluding carboxylic acids is 2. The molecule has 162 valence electrons. The van der Waals surface area contributed by atoms with E-state index in [9.17, 15) is 18.0 Å². The van der Waals surface area contributed by atoms with Crippen molar-refractivity contribution in [2.24, 2.45) is 5.41 Å². The van der Waals surface area contributed by atoms with Crippen molar-refractivity contribution in [2.75, 3.05) is 38.7 Å². The summed E-state index contributed by atoms with van der Waals surface area (Å²) in [6.07, 6.45) is 1.65. The van der Waals surface area contributed by atoms with Gasteiger partial charge in [0.1, 0.15) is 11.5 Å². The number of Topliss-reactive ketones (excluding diaryl/α,β-unsaturated/α-hetero) is 1. The summed E-state index contributed by atoms with van der Waals surface area (Å²) in [6.45, 7) is 7.00. The molecule has 0 spiro atoms. The molecule has 0 radical (unpaired) electrons. The van der Waals surface area contributed by atoms with Gasteiger partial charge in [0.05, 0.1) is 23.5 Å². The molecule has 0 bridgehead atoms. The first-order valence-corrected chi connectivity index (χ1v) is 12.0. The molecular formula is C21H32N2O5S. The van der Waals surface area contributed by atoms with Gasteiger partial charge in [-0.2, -0.15) is 0 Å². The van der Waals surface area contributed by atoms with Gasteiger partial charge in [0.2, 0.25) is 5.91 Å². The van der Waals surface area contributed by atoms with E-state index >= 15 is 0 Å². The highest BCUT2D eigenvalue weighted by molar-refractivity contribution is 7.91. The van der Waals surface area contributed by atoms with E-state index in [1.54, 1.807) is 11.8 Å². The Balaban J connectivity index is 1.85. The minimum Gasteiger partial charge on any atom is -0.465 e. The molecule has 8 heteroatoms. The van der Waals surface area contributed by atoms with Crippen LogP contribution in [0.2, 0.25) is 0 Å². The zero-order chi connectivity index (χ0) is 21.6. The first-order valence-electron chi connectivity index (χ1n) is 10.2. The van der Waals surface area contributed by atoms with Crippen LogP contribution in [0.15, 0.2) is 4.42 Å². The molecule has 1 aromatic heterocycles. The quantitative estimate of drug-likeness (QED) is 0.693. The van der Waals surface area contributed by atoms with E-state index in [1.165, 1.54) is 0 Å². The molecule has 7 nitrogen and oxygen atoms in total. The van der Waals surface area contributed by atoms with Crippen LogP contribution >= 0.6 is 0 Å². The van der Waals surface area contributed by atoms with Crippen molar-refractivity contribution in [3.05, 3.63) is 22.6 Å². The molecule has 3 rings (SSSR count). The number of aryl methyl sites for hydroxylation is 1. The van der Waals surface area contributed by atoms with Crippen molar-refractivity contribution >= 4 is 21.5 Å². The zero-order valence-corrected chi connectivity index (χ0v) is 18.9. The topological polar surface area (TPSA) is 87.9 Å². The predicted octanol–water partition coefficient (Wildman–Crippen LogP) is 1.86. The summed E-state index contributed by atoms with van der Waals surface area (Å²) in [4.78, 5) is 29.7. The van der Waals surface area contributed by atoms with Crippen molar-refractivity contribution in [1.29, 1.82) is 0 Å². The third-order valence-corrected chi connectivity index (χ3v) is 7.67. The molecule has 1 aliphatic carbocycles. The van der Waals surface area contributed by atoms with E-state index in [0.717, 1.165) is 0 Å². The van der Waals surface area contributed by atoms with Crippen LogP contribution in [-0.4, -0.2) is 74.6 Å². The molecule has 1 atom stereocenters. The molecule has 2 heterocycles. The number of rotatable bonds is 6. The number of furan rings is 1. The highest BCUT2D eigenvalue weighted by Crippen LogP contribution is 2.38. The van der Waals surface area contributed by atoms with Crippen LogP contribution in [0.5, 0.6) is 0 Å². The van der Waals surface area contributed by atoms with Crippen LogP contribution < -0.4 is 0 Å². The Morgan fingerprint density at radius 2 is 1.90 bits per heavy atom. The van der Waals surface area contributed by atoms with E-state index < -0.39 is 9.84 Å². The molecule has 1 saturated heterocycles. The summed E-state index contributed by atoms with van der Waals surface area (Å²) >= 11 is 0. The average molecular weight is 425 g/mol. The number of hydrogen-bond donors (Lipinski definition) is 0. The number of likely N-dealkylation sites (N-methyl/N-ethyl adjacent to an activating group) is 1. The standard InChI is InChI=1S/C21H32N2O5S/c1-14-16(20-17(24)11-21(2,3)12-18(20)28-14)10-19(25)23(8-7-22(4)5)15-6-9-29(26,27)13-15/h15H,6-13H2,1-5H3/t15-/m1/s1. The molecule has 1 fully saturated rings. The fourth-order valence-electron chi connectivity index (χ4n) is 4.42. The molecule has 2 aliphatic rings. The molecule has 1 aromatic rings. The number of ketones is 1. The van der Waals surface area contributed by atoms with Crippen LogP contribution in [0.3, 0.4) is 0 Å². The molecule has 1 amide bonds. The van der Waals surface area contributed by atoms with Gasteiger partial charge in [-0.1, -0.05) is 13.8 Å². The molecule has 1 aliphatic heterocycles. The first-order chi connectivity index (χ1) is 13.4. The van der Waals surface area contributed by atoms with Crippen LogP contribution in [0.1, 0.15) is 54.1 Å². The summed E-state index contributed by atoms with van der Waals surface area (Å²) in [6, 6.07) is -0.301. The summed E-state index contributed by atoms with van der Waals surface area (Å²) in [7, 11) is 0.744. The molecule has 0 unspecified atom stereocenters. The Morgan fingerprint density at radius 1 is 1.21 bits per heavy atom. The molecular weight excluding hydrogens is 392 g/mol. The van der Waals surface area contributed by atoms with Gasteiger partial charge in [0.25, 0.3) is 0 Å². The maximum absolute atomic E-state index is 13.3. The Labute approximate surface area is 173 Å². The van der Waals surface area contributed by atoms with E-state index in [4.69, 9.17) is 4.42 Å². The Kier molecular flexibility index (Phi) is 5.98. The summed E-state index contributed by atoms with van der Waals surface area (Å²) in [5.74, 6) is 1.31. The van der Waals surface area contributed by atoms with Gasteiger partial charge in [0.15, 0.2) is 15.6 Å². The summed E-state index contributed by atoms with van der Waals surface area (Å²) in [5.41, 5.74) is 1.09. The second kappa shape index (κ2) is 7.87. The second-order valence-electron chi connectivity index (χ2n) is 9.50. The van der Waals surface area contributed by atoms with Crippen LogP contribution in [0.25, 0.3) is 0 Å². The minimum atomic E-state index is -3.10. The fraction of sp³-hybridized carbons (Fsp3) is 0.714. The number of nitrogens with zero attached hydrogens (tertiary/aromatic N) is 2. The SMILES string of the molecule is Cc1oc2c(c1CC(=O)N(CCN(C)C)[C@@H]1CCS(=O)(=O)C1)C(=O)CC(C)(C)C2. The lowest BCUT2D eigenvalue weighted by atomic mass is 9.75. The molecule has 0 aromatic carbocycles. The normalized spacial score (nSPS) is 22.7. The van der Waals surface area contributed by atoms with Gasteiger partial charge in [-0.05, 0) is 32.9 Å². The molecule has 0 N–H and O–H groups in total. The highest BCUT2D eigenvalue weighted by atomic mass is 32.2. The van der Waals surface area contributed by atoms with E-state index in [-0.39, 0.29) is 41.1 Å². The third kappa shape index (κ3) is 4.91. The largest absolute Gasteiger partial charge is 0.465 e. The van der Waals surface area contributed by atoms with Crippen molar-refractivity contribution in [3.63, 3.8) is 0 Å². The maximum atomic E-state index is 13.3. The average Bonchev–Trinajstić information content (AvgIpc) is 3.06. The maximum Gasteiger partial charge on any atom is 0.227 e. The van der Waals surface area contributed by atoms with Crippen molar-refractivity contribution in [1.82, 2.24) is 9.80 Å². The Morgan fingerprint density at radius 3 is 2.48 bits per heavy atom. The van der Waals surface area contributed by atoms with E-state index in [2.05, 4.69) is 0 Å². The molecule has 0 saturated carbocycles. The smallest absolute Gasteiger partial charge is 0.227 e. The van der Waals surface area contributed by atoms with Crippen LogP contribution in [-0.2, 0) is 27.5 Å².